The highest BCUT2D eigenvalue weighted by atomic mass is 16.7. The van der Waals surface area contributed by atoms with Crippen molar-refractivity contribution in [2.45, 2.75) is 20.1 Å². The van der Waals surface area contributed by atoms with E-state index in [0.717, 1.165) is 5.75 Å². The first-order valence-electron chi connectivity index (χ1n) is 5.18. The van der Waals surface area contributed by atoms with Crippen molar-refractivity contribution in [3.05, 3.63) is 29.3 Å². The fourth-order valence-electron chi connectivity index (χ4n) is 1.68. The predicted octanol–water partition coefficient (Wildman–Crippen LogP) is 2.06. The highest BCUT2D eigenvalue weighted by Crippen LogP contribution is 2.17. The molecule has 0 aliphatic carbocycles. The topological polar surface area (TPSA) is 27.7 Å². The lowest BCUT2D eigenvalue weighted by Gasteiger charge is -2.11. The SMILES string of the molecule is Cc1cc(C)cc(OCC2OCCO2)c1. The van der Waals surface area contributed by atoms with Gasteiger partial charge >= 0.3 is 0 Å². The van der Waals surface area contributed by atoms with Crippen LogP contribution in [0.1, 0.15) is 11.1 Å². The van der Waals surface area contributed by atoms with Gasteiger partial charge < -0.3 is 14.2 Å². The minimum Gasteiger partial charge on any atom is -0.488 e. The average molecular weight is 208 g/mol. The van der Waals surface area contributed by atoms with Crippen LogP contribution >= 0.6 is 0 Å². The van der Waals surface area contributed by atoms with E-state index in [1.165, 1.54) is 11.1 Å². The lowest BCUT2D eigenvalue weighted by Crippen LogP contribution is -2.18. The second kappa shape index (κ2) is 4.64. The monoisotopic (exact) mass is 208 g/mol. The molecular weight excluding hydrogens is 192 g/mol. The number of hydrogen-bond acceptors (Lipinski definition) is 3. The van der Waals surface area contributed by atoms with Crippen molar-refractivity contribution in [1.82, 2.24) is 0 Å². The van der Waals surface area contributed by atoms with Crippen molar-refractivity contribution in [1.29, 1.82) is 0 Å². The van der Waals surface area contributed by atoms with Gasteiger partial charge in [-0.25, -0.2) is 0 Å². The number of rotatable bonds is 3. The predicted molar refractivity (Wildman–Crippen MR) is 57.1 cm³/mol. The Labute approximate surface area is 90.0 Å². The Bertz CT molecular complexity index is 309. The van der Waals surface area contributed by atoms with Crippen LogP contribution in [0, 0.1) is 13.8 Å². The molecule has 0 saturated carbocycles. The van der Waals surface area contributed by atoms with Crippen molar-refractivity contribution in [2.24, 2.45) is 0 Å². The van der Waals surface area contributed by atoms with Crippen LogP contribution < -0.4 is 4.74 Å². The minimum absolute atomic E-state index is 0.203. The van der Waals surface area contributed by atoms with Crippen LogP contribution in [0.15, 0.2) is 18.2 Å². The molecule has 1 aromatic rings. The first-order valence-corrected chi connectivity index (χ1v) is 5.18. The molecule has 3 heteroatoms. The van der Waals surface area contributed by atoms with Gasteiger partial charge in [0.1, 0.15) is 12.4 Å². The molecule has 0 amide bonds. The molecule has 0 spiro atoms. The van der Waals surface area contributed by atoms with Gasteiger partial charge in [0.25, 0.3) is 0 Å². The summed E-state index contributed by atoms with van der Waals surface area (Å²) in [6, 6.07) is 6.15. The molecule has 0 atom stereocenters. The first-order chi connectivity index (χ1) is 7.24. The Kier molecular flexibility index (Phi) is 3.23. The summed E-state index contributed by atoms with van der Waals surface area (Å²) >= 11 is 0. The van der Waals surface area contributed by atoms with Crippen molar-refractivity contribution >= 4 is 0 Å². The quantitative estimate of drug-likeness (QED) is 0.761. The summed E-state index contributed by atoms with van der Waals surface area (Å²) in [7, 11) is 0. The fourth-order valence-corrected chi connectivity index (χ4v) is 1.68. The zero-order chi connectivity index (χ0) is 10.7. The number of aryl methyl sites for hydroxylation is 2. The number of hydrogen-bond donors (Lipinski definition) is 0. The van der Waals surface area contributed by atoms with Crippen LogP contribution in [0.5, 0.6) is 5.75 Å². The zero-order valence-corrected chi connectivity index (χ0v) is 9.16. The van der Waals surface area contributed by atoms with Crippen LogP contribution in [0.4, 0.5) is 0 Å². The summed E-state index contributed by atoms with van der Waals surface area (Å²) in [5.74, 6) is 0.881. The molecule has 1 aliphatic rings. The lowest BCUT2D eigenvalue weighted by molar-refractivity contribution is -0.0684. The standard InChI is InChI=1S/C12H16O3/c1-9-5-10(2)7-11(6-9)15-8-12-13-3-4-14-12/h5-7,12H,3-4,8H2,1-2H3. The molecule has 0 aromatic heterocycles. The molecule has 2 rings (SSSR count). The van der Waals surface area contributed by atoms with Crippen LogP contribution in [-0.2, 0) is 9.47 Å². The molecule has 1 aromatic carbocycles. The van der Waals surface area contributed by atoms with Crippen LogP contribution in [0.25, 0.3) is 0 Å². The largest absolute Gasteiger partial charge is 0.488 e. The summed E-state index contributed by atoms with van der Waals surface area (Å²) in [4.78, 5) is 0. The Morgan fingerprint density at radius 2 is 1.73 bits per heavy atom. The van der Waals surface area contributed by atoms with Gasteiger partial charge in [0.2, 0.25) is 0 Å². The smallest absolute Gasteiger partial charge is 0.191 e. The molecule has 1 saturated heterocycles. The van der Waals surface area contributed by atoms with E-state index in [2.05, 4.69) is 19.9 Å². The molecular formula is C12H16O3. The highest BCUT2D eigenvalue weighted by Gasteiger charge is 2.16. The molecule has 1 fully saturated rings. The molecule has 1 aliphatic heterocycles. The third kappa shape index (κ3) is 2.94. The zero-order valence-electron chi connectivity index (χ0n) is 9.16. The number of ether oxygens (including phenoxy) is 3. The fraction of sp³-hybridized carbons (Fsp3) is 0.500. The molecule has 82 valence electrons. The second-order valence-corrected chi connectivity index (χ2v) is 3.81. The average Bonchev–Trinajstić information content (AvgIpc) is 2.65. The Morgan fingerprint density at radius 1 is 1.13 bits per heavy atom. The molecule has 0 radical (unpaired) electrons. The van der Waals surface area contributed by atoms with E-state index in [9.17, 15) is 0 Å². The number of benzene rings is 1. The summed E-state index contributed by atoms with van der Waals surface area (Å²) in [5.41, 5.74) is 2.41. The van der Waals surface area contributed by atoms with Gasteiger partial charge in [-0.1, -0.05) is 6.07 Å². The van der Waals surface area contributed by atoms with Crippen molar-refractivity contribution in [2.75, 3.05) is 19.8 Å². The third-order valence-corrected chi connectivity index (χ3v) is 2.27. The van der Waals surface area contributed by atoms with Crippen molar-refractivity contribution < 1.29 is 14.2 Å². The summed E-state index contributed by atoms with van der Waals surface area (Å²) in [6.07, 6.45) is -0.203. The summed E-state index contributed by atoms with van der Waals surface area (Å²) < 4.78 is 16.2. The normalized spacial score (nSPS) is 16.9. The molecule has 15 heavy (non-hydrogen) atoms. The van der Waals surface area contributed by atoms with E-state index in [0.29, 0.717) is 19.8 Å². The van der Waals surface area contributed by atoms with E-state index >= 15 is 0 Å². The van der Waals surface area contributed by atoms with Gasteiger partial charge in [-0.2, -0.15) is 0 Å². The lowest BCUT2D eigenvalue weighted by atomic mass is 10.1. The highest BCUT2D eigenvalue weighted by molar-refractivity contribution is 5.32. The van der Waals surface area contributed by atoms with Gasteiger partial charge in [0, 0.05) is 0 Å². The van der Waals surface area contributed by atoms with Gasteiger partial charge in [-0.3, -0.25) is 0 Å². The van der Waals surface area contributed by atoms with Gasteiger partial charge in [0.05, 0.1) is 13.2 Å². The molecule has 1 heterocycles. The minimum atomic E-state index is -0.203. The third-order valence-electron chi connectivity index (χ3n) is 2.27. The molecule has 0 N–H and O–H groups in total. The Morgan fingerprint density at radius 3 is 2.33 bits per heavy atom. The van der Waals surface area contributed by atoms with E-state index < -0.39 is 0 Å². The van der Waals surface area contributed by atoms with Gasteiger partial charge in [-0.15, -0.1) is 0 Å². The van der Waals surface area contributed by atoms with E-state index in [-0.39, 0.29) is 6.29 Å². The Hall–Kier alpha value is -1.06. The van der Waals surface area contributed by atoms with Gasteiger partial charge in [0.15, 0.2) is 6.29 Å². The van der Waals surface area contributed by atoms with Crippen LogP contribution in [0.2, 0.25) is 0 Å². The second-order valence-electron chi connectivity index (χ2n) is 3.81. The van der Waals surface area contributed by atoms with Crippen LogP contribution in [0.3, 0.4) is 0 Å². The van der Waals surface area contributed by atoms with E-state index in [4.69, 9.17) is 14.2 Å². The molecule has 0 bridgehead atoms. The maximum absolute atomic E-state index is 5.60. The molecule has 3 nitrogen and oxygen atoms in total. The summed E-state index contributed by atoms with van der Waals surface area (Å²) in [5, 5.41) is 0. The Balaban J connectivity index is 1.92. The van der Waals surface area contributed by atoms with E-state index in [1.807, 2.05) is 12.1 Å². The van der Waals surface area contributed by atoms with Crippen molar-refractivity contribution in [3.8, 4) is 5.75 Å². The first kappa shape index (κ1) is 10.5. The maximum atomic E-state index is 5.60. The van der Waals surface area contributed by atoms with Crippen LogP contribution in [-0.4, -0.2) is 26.1 Å². The summed E-state index contributed by atoms with van der Waals surface area (Å²) in [6.45, 7) is 5.91. The van der Waals surface area contributed by atoms with E-state index in [1.54, 1.807) is 0 Å². The molecule has 0 unspecified atom stereocenters. The van der Waals surface area contributed by atoms with Crippen molar-refractivity contribution in [3.63, 3.8) is 0 Å². The maximum Gasteiger partial charge on any atom is 0.191 e. The van der Waals surface area contributed by atoms with Gasteiger partial charge in [-0.05, 0) is 37.1 Å².